The summed E-state index contributed by atoms with van der Waals surface area (Å²) in [6.07, 6.45) is 1.64. The van der Waals surface area contributed by atoms with Crippen LogP contribution in [0.15, 0.2) is 28.0 Å². The van der Waals surface area contributed by atoms with Crippen LogP contribution in [0.3, 0.4) is 0 Å². The summed E-state index contributed by atoms with van der Waals surface area (Å²) in [7, 11) is 0. The second kappa shape index (κ2) is 7.83. The van der Waals surface area contributed by atoms with Crippen molar-refractivity contribution in [2.45, 2.75) is 11.3 Å². The van der Waals surface area contributed by atoms with Gasteiger partial charge in [-0.2, -0.15) is 0 Å². The molecule has 0 bridgehead atoms. The molecule has 1 aliphatic rings. The predicted molar refractivity (Wildman–Crippen MR) is 99.1 cm³/mol. The molecule has 0 radical (unpaired) electrons. The van der Waals surface area contributed by atoms with E-state index in [1.54, 1.807) is 29.7 Å². The van der Waals surface area contributed by atoms with Crippen LogP contribution in [0.4, 0.5) is 5.82 Å². The lowest BCUT2D eigenvalue weighted by Crippen LogP contribution is -2.50. The van der Waals surface area contributed by atoms with Crippen LogP contribution >= 0.6 is 23.1 Å². The molecule has 3 heterocycles. The van der Waals surface area contributed by atoms with Crippen LogP contribution in [0.2, 0.25) is 0 Å². The third-order valence-electron chi connectivity index (χ3n) is 3.90. The number of rotatable bonds is 5. The number of nitrogens with zero attached hydrogens (tertiary/aromatic N) is 4. The van der Waals surface area contributed by atoms with Crippen LogP contribution < -0.4 is 10.6 Å². The Labute approximate surface area is 154 Å². The molecule has 2 aromatic rings. The van der Waals surface area contributed by atoms with Gasteiger partial charge in [-0.3, -0.25) is 9.59 Å². The van der Waals surface area contributed by atoms with Gasteiger partial charge in [0.1, 0.15) is 5.82 Å². The first kappa shape index (κ1) is 17.7. The Hall–Kier alpha value is -2.13. The van der Waals surface area contributed by atoms with Crippen molar-refractivity contribution in [1.82, 2.24) is 14.9 Å². The summed E-state index contributed by atoms with van der Waals surface area (Å²) in [6.45, 7) is 4.41. The number of aryl methyl sites for hydroxylation is 1. The monoisotopic (exact) mass is 377 g/mol. The summed E-state index contributed by atoms with van der Waals surface area (Å²) in [5.41, 5.74) is 6.81. The molecule has 1 saturated heterocycles. The highest BCUT2D eigenvalue weighted by Gasteiger charge is 2.24. The molecule has 132 valence electrons. The van der Waals surface area contributed by atoms with Crippen LogP contribution in [0.5, 0.6) is 0 Å². The van der Waals surface area contributed by atoms with E-state index >= 15 is 0 Å². The lowest BCUT2D eigenvalue weighted by molar-refractivity contribution is -0.128. The number of thioether (sulfide) groups is 1. The zero-order valence-electron chi connectivity index (χ0n) is 13.8. The normalized spacial score (nSPS) is 14.6. The maximum Gasteiger partial charge on any atom is 0.252 e. The number of hydrogen-bond donors (Lipinski definition) is 1. The fraction of sp³-hybridized carbons (Fsp3) is 0.375. The van der Waals surface area contributed by atoms with Gasteiger partial charge in [0.05, 0.1) is 11.3 Å². The third kappa shape index (κ3) is 4.29. The van der Waals surface area contributed by atoms with Gasteiger partial charge >= 0.3 is 0 Å². The molecule has 1 aliphatic heterocycles. The number of piperazine rings is 1. The Bertz CT molecular complexity index is 771. The lowest BCUT2D eigenvalue weighted by Gasteiger charge is -2.35. The molecular weight excluding hydrogens is 358 g/mol. The highest BCUT2D eigenvalue weighted by Crippen LogP contribution is 2.23. The van der Waals surface area contributed by atoms with Gasteiger partial charge in [0, 0.05) is 43.4 Å². The number of amides is 2. The first-order valence-electron chi connectivity index (χ1n) is 7.87. The van der Waals surface area contributed by atoms with Gasteiger partial charge in [0.15, 0.2) is 4.34 Å². The zero-order chi connectivity index (χ0) is 17.8. The smallest absolute Gasteiger partial charge is 0.252 e. The Morgan fingerprint density at radius 1 is 1.32 bits per heavy atom. The summed E-state index contributed by atoms with van der Waals surface area (Å²) < 4.78 is 0.920. The molecule has 2 aromatic heterocycles. The van der Waals surface area contributed by atoms with Crippen molar-refractivity contribution in [3.63, 3.8) is 0 Å². The number of carbonyl (C=O) groups is 2. The number of nitrogens with two attached hydrogens (primary N) is 1. The molecule has 0 spiro atoms. The molecule has 7 nitrogen and oxygen atoms in total. The minimum Gasteiger partial charge on any atom is -0.365 e. The molecule has 0 aromatic carbocycles. The number of thiazole rings is 1. The molecule has 2 amide bonds. The summed E-state index contributed by atoms with van der Waals surface area (Å²) >= 11 is 3.04. The SMILES string of the molecule is Cc1csc(SCC(=O)N2CCN(c3ncccc3C(N)=O)CC2)n1. The fourth-order valence-corrected chi connectivity index (χ4v) is 4.37. The zero-order valence-corrected chi connectivity index (χ0v) is 15.5. The molecule has 0 aliphatic carbocycles. The third-order valence-corrected chi connectivity index (χ3v) is 6.02. The van der Waals surface area contributed by atoms with E-state index in [4.69, 9.17) is 5.73 Å². The predicted octanol–water partition coefficient (Wildman–Crippen LogP) is 1.39. The average molecular weight is 377 g/mol. The second-order valence-electron chi connectivity index (χ2n) is 5.65. The molecule has 25 heavy (non-hydrogen) atoms. The van der Waals surface area contributed by atoms with Gasteiger partial charge in [-0.05, 0) is 19.1 Å². The Balaban J connectivity index is 1.55. The van der Waals surface area contributed by atoms with Gasteiger partial charge in [-0.15, -0.1) is 11.3 Å². The summed E-state index contributed by atoms with van der Waals surface area (Å²) in [5, 5.41) is 1.98. The van der Waals surface area contributed by atoms with E-state index in [1.165, 1.54) is 11.8 Å². The Morgan fingerprint density at radius 3 is 2.72 bits per heavy atom. The largest absolute Gasteiger partial charge is 0.365 e. The van der Waals surface area contributed by atoms with Gasteiger partial charge in [-0.25, -0.2) is 9.97 Å². The molecule has 3 rings (SSSR count). The van der Waals surface area contributed by atoms with Crippen LogP contribution in [-0.4, -0.2) is 58.6 Å². The minimum atomic E-state index is -0.489. The van der Waals surface area contributed by atoms with Crippen LogP contribution in [0.1, 0.15) is 16.1 Å². The molecular formula is C16H19N5O2S2. The summed E-state index contributed by atoms with van der Waals surface area (Å²) in [5.74, 6) is 0.600. The highest BCUT2D eigenvalue weighted by atomic mass is 32.2. The van der Waals surface area contributed by atoms with E-state index < -0.39 is 5.91 Å². The van der Waals surface area contributed by atoms with E-state index in [0.717, 1.165) is 10.0 Å². The Kier molecular flexibility index (Phi) is 5.54. The van der Waals surface area contributed by atoms with Crippen molar-refractivity contribution < 1.29 is 9.59 Å². The summed E-state index contributed by atoms with van der Waals surface area (Å²) in [6, 6.07) is 3.37. The average Bonchev–Trinajstić information content (AvgIpc) is 3.05. The van der Waals surface area contributed by atoms with Gasteiger partial charge in [-0.1, -0.05) is 11.8 Å². The molecule has 2 N–H and O–H groups in total. The minimum absolute atomic E-state index is 0.105. The lowest BCUT2D eigenvalue weighted by atomic mass is 10.2. The molecule has 0 saturated carbocycles. The van der Waals surface area contributed by atoms with E-state index in [1.807, 2.05) is 22.1 Å². The van der Waals surface area contributed by atoms with Crippen LogP contribution in [0.25, 0.3) is 0 Å². The van der Waals surface area contributed by atoms with Gasteiger partial charge < -0.3 is 15.5 Å². The first-order chi connectivity index (χ1) is 12.0. The second-order valence-corrected chi connectivity index (χ2v) is 7.73. The van der Waals surface area contributed by atoms with Crippen molar-refractivity contribution in [2.24, 2.45) is 5.73 Å². The topological polar surface area (TPSA) is 92.4 Å². The molecule has 0 atom stereocenters. The van der Waals surface area contributed by atoms with Gasteiger partial charge in [0.2, 0.25) is 5.91 Å². The fourth-order valence-electron chi connectivity index (χ4n) is 2.62. The number of primary amides is 1. The number of carbonyl (C=O) groups excluding carboxylic acids is 2. The standard InChI is InChI=1S/C16H19N5O2S2/c1-11-9-24-16(19-11)25-10-13(22)20-5-7-21(8-6-20)15-12(14(17)23)3-2-4-18-15/h2-4,9H,5-8,10H2,1H3,(H2,17,23). The first-order valence-corrected chi connectivity index (χ1v) is 9.73. The summed E-state index contributed by atoms with van der Waals surface area (Å²) in [4.78, 5) is 36.4. The number of pyridine rings is 1. The molecule has 9 heteroatoms. The van der Waals surface area contributed by atoms with Crippen molar-refractivity contribution in [3.8, 4) is 0 Å². The quantitative estimate of drug-likeness (QED) is 0.792. The number of hydrogen-bond acceptors (Lipinski definition) is 7. The highest BCUT2D eigenvalue weighted by molar-refractivity contribution is 8.01. The maximum atomic E-state index is 12.4. The Morgan fingerprint density at radius 2 is 2.08 bits per heavy atom. The van der Waals surface area contributed by atoms with Crippen molar-refractivity contribution in [3.05, 3.63) is 35.0 Å². The molecule has 0 unspecified atom stereocenters. The molecule has 1 fully saturated rings. The van der Waals surface area contributed by atoms with Gasteiger partial charge in [0.25, 0.3) is 5.91 Å². The maximum absolute atomic E-state index is 12.4. The number of aromatic nitrogens is 2. The van der Waals surface area contributed by atoms with E-state index in [-0.39, 0.29) is 5.91 Å². The van der Waals surface area contributed by atoms with E-state index in [9.17, 15) is 9.59 Å². The van der Waals surface area contributed by atoms with Crippen molar-refractivity contribution >= 4 is 40.7 Å². The van der Waals surface area contributed by atoms with Crippen molar-refractivity contribution in [1.29, 1.82) is 0 Å². The number of anilines is 1. The van der Waals surface area contributed by atoms with Crippen LogP contribution in [-0.2, 0) is 4.79 Å². The van der Waals surface area contributed by atoms with E-state index in [2.05, 4.69) is 9.97 Å². The van der Waals surface area contributed by atoms with Crippen LogP contribution in [0, 0.1) is 6.92 Å². The van der Waals surface area contributed by atoms with Crippen molar-refractivity contribution in [2.75, 3.05) is 36.8 Å². The van der Waals surface area contributed by atoms with E-state index in [0.29, 0.717) is 43.3 Å².